The Labute approximate surface area is 132 Å². The van der Waals surface area contributed by atoms with Gasteiger partial charge >= 0.3 is 0 Å². The Bertz CT molecular complexity index is 546. The summed E-state index contributed by atoms with van der Waals surface area (Å²) in [7, 11) is 0. The summed E-state index contributed by atoms with van der Waals surface area (Å²) in [5, 5.41) is 5.59. The van der Waals surface area contributed by atoms with Crippen LogP contribution in [0.15, 0.2) is 39.5 Å². The van der Waals surface area contributed by atoms with Gasteiger partial charge in [0.15, 0.2) is 0 Å². The van der Waals surface area contributed by atoms with Gasteiger partial charge < -0.3 is 10.1 Å². The van der Waals surface area contributed by atoms with Gasteiger partial charge in [-0.15, -0.1) is 11.3 Å². The molecule has 0 atom stereocenters. The van der Waals surface area contributed by atoms with Crippen LogP contribution < -0.4 is 10.1 Å². The Morgan fingerprint density at radius 2 is 1.95 bits per heavy atom. The highest BCUT2D eigenvalue weighted by atomic mass is 79.9. The topological polar surface area (TPSA) is 21.3 Å². The molecule has 0 amide bonds. The predicted octanol–water partition coefficient (Wildman–Crippen LogP) is 5.44. The SMILES string of the molecule is Brc1cc(CNc2ccc(OC3CCCC3)cc2)cs1. The fourth-order valence-electron chi connectivity index (χ4n) is 2.49. The van der Waals surface area contributed by atoms with Crippen LogP contribution in [0, 0.1) is 0 Å². The van der Waals surface area contributed by atoms with Crippen molar-refractivity contribution in [1.82, 2.24) is 0 Å². The first kappa shape index (κ1) is 14.0. The van der Waals surface area contributed by atoms with E-state index >= 15 is 0 Å². The Hall–Kier alpha value is -1.00. The Kier molecular flexibility index (Phi) is 4.63. The van der Waals surface area contributed by atoms with Gasteiger partial charge in [-0.25, -0.2) is 0 Å². The van der Waals surface area contributed by atoms with Crippen LogP contribution in [0.3, 0.4) is 0 Å². The summed E-state index contributed by atoms with van der Waals surface area (Å²) in [5.74, 6) is 0.987. The molecule has 0 spiro atoms. The lowest BCUT2D eigenvalue weighted by molar-refractivity contribution is 0.210. The van der Waals surface area contributed by atoms with Crippen molar-refractivity contribution in [2.45, 2.75) is 38.3 Å². The fourth-order valence-corrected chi connectivity index (χ4v) is 3.70. The molecule has 1 N–H and O–H groups in total. The third-order valence-electron chi connectivity index (χ3n) is 3.58. The minimum atomic E-state index is 0.428. The van der Waals surface area contributed by atoms with Gasteiger partial charge in [0.2, 0.25) is 0 Å². The molecule has 0 radical (unpaired) electrons. The Balaban J connectivity index is 1.52. The molecule has 20 heavy (non-hydrogen) atoms. The molecule has 1 aromatic carbocycles. The average Bonchev–Trinajstić information content (AvgIpc) is 3.10. The number of hydrogen-bond donors (Lipinski definition) is 1. The van der Waals surface area contributed by atoms with Gasteiger partial charge in [-0.1, -0.05) is 0 Å². The van der Waals surface area contributed by atoms with E-state index < -0.39 is 0 Å². The van der Waals surface area contributed by atoms with E-state index in [4.69, 9.17) is 4.74 Å². The van der Waals surface area contributed by atoms with Gasteiger partial charge in [-0.3, -0.25) is 0 Å². The molecule has 106 valence electrons. The van der Waals surface area contributed by atoms with Crippen molar-refractivity contribution in [3.8, 4) is 5.75 Å². The van der Waals surface area contributed by atoms with Crippen LogP contribution in [-0.2, 0) is 6.54 Å². The Morgan fingerprint density at radius 3 is 2.60 bits per heavy atom. The standard InChI is InChI=1S/C16H18BrNOS/c17-16-9-12(11-20-16)10-18-13-5-7-15(8-6-13)19-14-3-1-2-4-14/h5-9,11,14,18H,1-4,10H2. The molecule has 1 saturated carbocycles. The van der Waals surface area contributed by atoms with Crippen molar-refractivity contribution >= 4 is 33.0 Å². The smallest absolute Gasteiger partial charge is 0.119 e. The second-order valence-corrected chi connectivity index (χ2v) is 7.45. The maximum atomic E-state index is 5.96. The number of rotatable bonds is 5. The first-order valence-corrected chi connectivity index (χ1v) is 8.70. The molecule has 2 aromatic rings. The van der Waals surface area contributed by atoms with Gasteiger partial charge in [0.25, 0.3) is 0 Å². The van der Waals surface area contributed by atoms with Crippen LogP contribution in [0.2, 0.25) is 0 Å². The zero-order chi connectivity index (χ0) is 13.8. The largest absolute Gasteiger partial charge is 0.490 e. The molecular formula is C16H18BrNOS. The van der Waals surface area contributed by atoms with Crippen molar-refractivity contribution in [1.29, 1.82) is 0 Å². The Morgan fingerprint density at radius 1 is 1.20 bits per heavy atom. The summed E-state index contributed by atoms with van der Waals surface area (Å²) in [5.41, 5.74) is 2.43. The number of nitrogens with one attached hydrogen (secondary N) is 1. The molecule has 0 saturated heterocycles. The summed E-state index contributed by atoms with van der Waals surface area (Å²) in [4.78, 5) is 0. The second-order valence-electron chi connectivity index (χ2n) is 5.16. The summed E-state index contributed by atoms with van der Waals surface area (Å²) in [6, 6.07) is 10.4. The summed E-state index contributed by atoms with van der Waals surface area (Å²) in [6.45, 7) is 0.852. The van der Waals surface area contributed by atoms with Crippen molar-refractivity contribution in [3.63, 3.8) is 0 Å². The van der Waals surface area contributed by atoms with Crippen LogP contribution in [0.1, 0.15) is 31.2 Å². The monoisotopic (exact) mass is 351 g/mol. The van der Waals surface area contributed by atoms with E-state index in [0.717, 1.165) is 18.0 Å². The van der Waals surface area contributed by atoms with Crippen LogP contribution in [0.5, 0.6) is 5.75 Å². The minimum Gasteiger partial charge on any atom is -0.490 e. The fraction of sp³-hybridized carbons (Fsp3) is 0.375. The molecule has 4 heteroatoms. The maximum absolute atomic E-state index is 5.96. The van der Waals surface area contributed by atoms with Gasteiger partial charge in [0.1, 0.15) is 5.75 Å². The minimum absolute atomic E-state index is 0.428. The third-order valence-corrected chi connectivity index (χ3v) is 5.13. The molecule has 1 aromatic heterocycles. The number of anilines is 1. The van der Waals surface area contributed by atoms with Gasteiger partial charge in [0.05, 0.1) is 9.89 Å². The number of ether oxygens (including phenoxy) is 1. The highest BCUT2D eigenvalue weighted by Gasteiger charge is 2.16. The summed E-state index contributed by atoms with van der Waals surface area (Å²) in [6.07, 6.45) is 5.44. The highest BCUT2D eigenvalue weighted by molar-refractivity contribution is 9.11. The molecule has 0 aliphatic heterocycles. The maximum Gasteiger partial charge on any atom is 0.119 e. The summed E-state index contributed by atoms with van der Waals surface area (Å²) < 4.78 is 7.14. The zero-order valence-corrected chi connectivity index (χ0v) is 13.7. The van der Waals surface area contributed by atoms with Crippen molar-refractivity contribution in [2.75, 3.05) is 5.32 Å². The lowest BCUT2D eigenvalue weighted by Crippen LogP contribution is -2.10. The molecule has 1 heterocycles. The van der Waals surface area contributed by atoms with Crippen molar-refractivity contribution in [3.05, 3.63) is 45.1 Å². The molecule has 0 bridgehead atoms. The molecular weight excluding hydrogens is 334 g/mol. The second kappa shape index (κ2) is 6.64. The van der Waals surface area contributed by atoms with E-state index in [-0.39, 0.29) is 0 Å². The quantitative estimate of drug-likeness (QED) is 0.773. The average molecular weight is 352 g/mol. The van der Waals surface area contributed by atoms with Crippen LogP contribution in [-0.4, -0.2) is 6.10 Å². The third kappa shape index (κ3) is 3.76. The molecule has 3 rings (SSSR count). The number of hydrogen-bond acceptors (Lipinski definition) is 3. The molecule has 1 aliphatic rings. The number of halogens is 1. The van der Waals surface area contributed by atoms with Crippen LogP contribution in [0.25, 0.3) is 0 Å². The molecule has 2 nitrogen and oxygen atoms in total. The predicted molar refractivity (Wildman–Crippen MR) is 88.7 cm³/mol. The van der Waals surface area contributed by atoms with E-state index in [9.17, 15) is 0 Å². The van der Waals surface area contributed by atoms with E-state index in [1.54, 1.807) is 11.3 Å². The molecule has 1 aliphatic carbocycles. The lowest BCUT2D eigenvalue weighted by atomic mass is 10.2. The van der Waals surface area contributed by atoms with E-state index in [1.165, 1.54) is 35.0 Å². The molecule has 1 fully saturated rings. The lowest BCUT2D eigenvalue weighted by Gasteiger charge is -2.13. The van der Waals surface area contributed by atoms with E-state index in [2.05, 4.69) is 57.0 Å². The van der Waals surface area contributed by atoms with E-state index in [1.807, 2.05) is 0 Å². The van der Waals surface area contributed by atoms with Gasteiger partial charge in [-0.2, -0.15) is 0 Å². The number of benzene rings is 1. The van der Waals surface area contributed by atoms with Gasteiger partial charge in [0, 0.05) is 12.2 Å². The highest BCUT2D eigenvalue weighted by Crippen LogP contribution is 2.25. The number of thiophene rings is 1. The summed E-state index contributed by atoms with van der Waals surface area (Å²) >= 11 is 5.20. The van der Waals surface area contributed by atoms with Gasteiger partial charge in [-0.05, 0) is 82.9 Å². The van der Waals surface area contributed by atoms with Crippen LogP contribution >= 0.6 is 27.3 Å². The van der Waals surface area contributed by atoms with E-state index in [0.29, 0.717) is 6.10 Å². The molecule has 0 unspecified atom stereocenters. The first-order valence-electron chi connectivity index (χ1n) is 7.03. The van der Waals surface area contributed by atoms with Crippen molar-refractivity contribution < 1.29 is 4.74 Å². The first-order chi connectivity index (χ1) is 9.79. The van der Waals surface area contributed by atoms with Crippen molar-refractivity contribution in [2.24, 2.45) is 0 Å². The zero-order valence-electron chi connectivity index (χ0n) is 11.3. The normalized spacial score (nSPS) is 15.4. The van der Waals surface area contributed by atoms with Crippen LogP contribution in [0.4, 0.5) is 5.69 Å².